The first-order valence-electron chi connectivity index (χ1n) is 8.83. The molecule has 0 spiro atoms. The van der Waals surface area contributed by atoms with Crippen LogP contribution >= 0.6 is 0 Å². The topological polar surface area (TPSA) is 67.6 Å². The third-order valence-corrected chi connectivity index (χ3v) is 4.91. The molecule has 1 amide bonds. The van der Waals surface area contributed by atoms with Gasteiger partial charge in [0.05, 0.1) is 0 Å². The van der Waals surface area contributed by atoms with Crippen molar-refractivity contribution >= 4 is 6.09 Å². The zero-order valence-electron chi connectivity index (χ0n) is 14.4. The second kappa shape index (κ2) is 7.64. The lowest BCUT2D eigenvalue weighted by atomic mass is 9.95. The largest absolute Gasteiger partial charge is 0.444 e. The molecule has 2 atom stereocenters. The first-order chi connectivity index (χ1) is 10.4. The summed E-state index contributed by atoms with van der Waals surface area (Å²) < 4.78 is 5.31. The molecule has 5 heteroatoms. The van der Waals surface area contributed by atoms with E-state index >= 15 is 0 Å². The predicted molar refractivity (Wildman–Crippen MR) is 88.8 cm³/mol. The number of nitrogens with two attached hydrogens (primary N) is 1. The normalized spacial score (nSPS) is 25.4. The minimum atomic E-state index is -0.456. The Morgan fingerprint density at radius 1 is 1.27 bits per heavy atom. The van der Waals surface area contributed by atoms with Crippen molar-refractivity contribution in [2.45, 2.75) is 77.0 Å². The van der Waals surface area contributed by atoms with Crippen LogP contribution in [0, 0.1) is 5.92 Å². The molecule has 3 N–H and O–H groups in total. The molecule has 0 radical (unpaired) electrons. The van der Waals surface area contributed by atoms with E-state index in [4.69, 9.17) is 10.5 Å². The first-order valence-corrected chi connectivity index (χ1v) is 8.83. The maximum atomic E-state index is 11.8. The second-order valence-corrected chi connectivity index (χ2v) is 7.76. The van der Waals surface area contributed by atoms with Crippen molar-refractivity contribution in [1.29, 1.82) is 0 Å². The van der Waals surface area contributed by atoms with Crippen LogP contribution in [0.25, 0.3) is 0 Å². The molecule has 1 aliphatic heterocycles. The summed E-state index contributed by atoms with van der Waals surface area (Å²) in [5, 5.41) is 2.90. The fourth-order valence-electron chi connectivity index (χ4n) is 3.97. The van der Waals surface area contributed by atoms with Gasteiger partial charge in [0.1, 0.15) is 5.60 Å². The van der Waals surface area contributed by atoms with Crippen LogP contribution in [0.4, 0.5) is 4.79 Å². The number of ether oxygens (including phenoxy) is 1. The smallest absolute Gasteiger partial charge is 0.407 e. The summed E-state index contributed by atoms with van der Waals surface area (Å²) in [4.78, 5) is 14.4. The minimum absolute atomic E-state index is 0.223. The summed E-state index contributed by atoms with van der Waals surface area (Å²) in [6.07, 6.45) is 7.66. The highest BCUT2D eigenvalue weighted by Gasteiger charge is 2.36. The van der Waals surface area contributed by atoms with E-state index in [2.05, 4.69) is 10.2 Å². The molecule has 22 heavy (non-hydrogen) atoms. The number of nitrogens with zero attached hydrogens (tertiary/aromatic N) is 1. The van der Waals surface area contributed by atoms with E-state index in [0.717, 1.165) is 12.5 Å². The van der Waals surface area contributed by atoms with E-state index in [1.807, 2.05) is 20.8 Å². The lowest BCUT2D eigenvalue weighted by Gasteiger charge is -2.35. The third-order valence-electron chi connectivity index (χ3n) is 4.91. The monoisotopic (exact) mass is 311 g/mol. The number of rotatable bonds is 5. The average molecular weight is 311 g/mol. The van der Waals surface area contributed by atoms with Crippen LogP contribution < -0.4 is 11.1 Å². The van der Waals surface area contributed by atoms with Gasteiger partial charge in [-0.3, -0.25) is 4.90 Å². The van der Waals surface area contributed by atoms with E-state index < -0.39 is 5.60 Å². The summed E-state index contributed by atoms with van der Waals surface area (Å²) in [5.41, 5.74) is 5.54. The Balaban J connectivity index is 1.86. The number of carbonyl (C=O) groups excluding carboxylic acids is 1. The average Bonchev–Trinajstić information content (AvgIpc) is 3.07. The van der Waals surface area contributed by atoms with E-state index in [0.29, 0.717) is 19.1 Å². The Labute approximate surface area is 134 Å². The van der Waals surface area contributed by atoms with Gasteiger partial charge < -0.3 is 15.8 Å². The zero-order valence-corrected chi connectivity index (χ0v) is 14.4. The summed E-state index contributed by atoms with van der Waals surface area (Å²) in [5.74, 6) is 0.832. The molecule has 0 aromatic carbocycles. The fraction of sp³-hybridized carbons (Fsp3) is 0.941. The SMILES string of the molecule is CC(C)(C)OC(=O)NCC(CN)N1CCCC1C1CCCC1. The van der Waals surface area contributed by atoms with Gasteiger partial charge in [0.25, 0.3) is 0 Å². The number of hydrogen-bond acceptors (Lipinski definition) is 4. The summed E-state index contributed by atoms with van der Waals surface area (Å²) >= 11 is 0. The molecule has 1 saturated carbocycles. The van der Waals surface area contributed by atoms with Gasteiger partial charge in [0.2, 0.25) is 0 Å². The number of nitrogens with one attached hydrogen (secondary N) is 1. The molecule has 0 aromatic heterocycles. The van der Waals surface area contributed by atoms with Crippen LogP contribution in [-0.2, 0) is 4.74 Å². The molecular formula is C17H33N3O2. The lowest BCUT2D eigenvalue weighted by molar-refractivity contribution is 0.0498. The highest BCUT2D eigenvalue weighted by Crippen LogP contribution is 2.36. The summed E-state index contributed by atoms with van der Waals surface area (Å²) in [6, 6.07) is 0.886. The Hall–Kier alpha value is -0.810. The van der Waals surface area contributed by atoms with Crippen LogP contribution in [-0.4, -0.2) is 48.3 Å². The van der Waals surface area contributed by atoms with Gasteiger partial charge in [-0.25, -0.2) is 4.79 Å². The molecule has 2 unspecified atom stereocenters. The summed E-state index contributed by atoms with van der Waals surface area (Å²) in [6.45, 7) is 7.91. The number of alkyl carbamates (subject to hydrolysis) is 1. The van der Waals surface area contributed by atoms with Crippen LogP contribution in [0.15, 0.2) is 0 Å². The van der Waals surface area contributed by atoms with Gasteiger partial charge in [-0.15, -0.1) is 0 Å². The second-order valence-electron chi connectivity index (χ2n) is 7.76. The van der Waals surface area contributed by atoms with Gasteiger partial charge in [-0.05, 0) is 58.9 Å². The third kappa shape index (κ3) is 4.85. The van der Waals surface area contributed by atoms with Crippen molar-refractivity contribution in [3.05, 3.63) is 0 Å². The van der Waals surface area contributed by atoms with Crippen molar-refractivity contribution in [2.24, 2.45) is 11.7 Å². The van der Waals surface area contributed by atoms with Gasteiger partial charge in [0.15, 0.2) is 0 Å². The van der Waals surface area contributed by atoms with Crippen LogP contribution in [0.3, 0.4) is 0 Å². The molecule has 5 nitrogen and oxygen atoms in total. The van der Waals surface area contributed by atoms with Crippen molar-refractivity contribution in [2.75, 3.05) is 19.6 Å². The minimum Gasteiger partial charge on any atom is -0.444 e. The Morgan fingerprint density at radius 3 is 2.55 bits per heavy atom. The van der Waals surface area contributed by atoms with Crippen molar-refractivity contribution < 1.29 is 9.53 Å². The number of hydrogen-bond donors (Lipinski definition) is 2. The molecule has 2 rings (SSSR count). The van der Waals surface area contributed by atoms with E-state index in [1.54, 1.807) is 0 Å². The fourth-order valence-corrected chi connectivity index (χ4v) is 3.97. The predicted octanol–water partition coefficient (Wildman–Crippen LogP) is 2.49. The van der Waals surface area contributed by atoms with Crippen LogP contribution in [0.2, 0.25) is 0 Å². The highest BCUT2D eigenvalue weighted by molar-refractivity contribution is 5.67. The molecule has 1 saturated heterocycles. The van der Waals surface area contributed by atoms with Gasteiger partial charge in [-0.2, -0.15) is 0 Å². The van der Waals surface area contributed by atoms with Crippen LogP contribution in [0.1, 0.15) is 59.3 Å². The van der Waals surface area contributed by atoms with Crippen molar-refractivity contribution in [3.63, 3.8) is 0 Å². The molecule has 0 bridgehead atoms. The molecule has 2 aliphatic rings. The van der Waals surface area contributed by atoms with Gasteiger partial charge in [0, 0.05) is 25.2 Å². The molecule has 128 valence electrons. The zero-order chi connectivity index (χ0) is 16.2. The molecular weight excluding hydrogens is 278 g/mol. The first kappa shape index (κ1) is 17.5. The number of likely N-dealkylation sites (tertiary alicyclic amines) is 1. The van der Waals surface area contributed by atoms with E-state index in [1.165, 1.54) is 38.5 Å². The molecule has 1 heterocycles. The van der Waals surface area contributed by atoms with Crippen molar-refractivity contribution in [1.82, 2.24) is 10.2 Å². The maximum Gasteiger partial charge on any atom is 0.407 e. The number of amides is 1. The molecule has 2 fully saturated rings. The lowest BCUT2D eigenvalue weighted by Crippen LogP contribution is -2.51. The highest BCUT2D eigenvalue weighted by atomic mass is 16.6. The maximum absolute atomic E-state index is 11.8. The van der Waals surface area contributed by atoms with Gasteiger partial charge in [-0.1, -0.05) is 12.8 Å². The Morgan fingerprint density at radius 2 is 1.95 bits per heavy atom. The Bertz CT molecular complexity index is 361. The van der Waals surface area contributed by atoms with Gasteiger partial charge >= 0.3 is 6.09 Å². The molecule has 0 aromatic rings. The summed E-state index contributed by atoms with van der Waals surface area (Å²) in [7, 11) is 0. The molecule has 1 aliphatic carbocycles. The van der Waals surface area contributed by atoms with E-state index in [9.17, 15) is 4.79 Å². The van der Waals surface area contributed by atoms with E-state index in [-0.39, 0.29) is 12.1 Å². The Kier molecular flexibility index (Phi) is 6.09. The standard InChI is InChI=1S/C17H33N3O2/c1-17(2,3)22-16(21)19-12-14(11-18)20-10-6-9-15(20)13-7-4-5-8-13/h13-15H,4-12,18H2,1-3H3,(H,19,21). The number of carbonyl (C=O) groups is 1. The quantitative estimate of drug-likeness (QED) is 0.818. The van der Waals surface area contributed by atoms with Crippen LogP contribution in [0.5, 0.6) is 0 Å². The van der Waals surface area contributed by atoms with Crippen molar-refractivity contribution in [3.8, 4) is 0 Å².